The minimum Gasteiger partial charge on any atom is -0.379 e. The highest BCUT2D eigenvalue weighted by Gasteiger charge is 2.34. The van der Waals surface area contributed by atoms with E-state index >= 15 is 0 Å². The number of rotatable bonds is 10. The molecule has 4 N–H and O–H groups in total. The number of benzene rings is 2. The largest absolute Gasteiger partial charge is 0.379 e. The highest BCUT2D eigenvalue weighted by molar-refractivity contribution is 7.15. The van der Waals surface area contributed by atoms with Crippen molar-refractivity contribution in [1.82, 2.24) is 15.1 Å². The summed E-state index contributed by atoms with van der Waals surface area (Å²) in [5.74, 6) is 0.0220. The third-order valence-corrected chi connectivity index (χ3v) is 9.43. The molecule has 0 aliphatic carbocycles. The number of anilines is 1. The van der Waals surface area contributed by atoms with Crippen LogP contribution in [0.2, 0.25) is 0 Å². The molecular weight excluding hydrogens is 530 g/mol. The second-order valence-corrected chi connectivity index (χ2v) is 13.1. The molecule has 2 amide bonds. The average Bonchev–Trinajstić information content (AvgIpc) is 3.63. The van der Waals surface area contributed by atoms with Gasteiger partial charge in [-0.2, -0.15) is 0 Å². The van der Waals surface area contributed by atoms with Gasteiger partial charge in [0.1, 0.15) is 0 Å². The van der Waals surface area contributed by atoms with E-state index in [0.717, 1.165) is 23.4 Å². The first-order valence-electron chi connectivity index (χ1n) is 14.8. The number of thiophene rings is 1. The Balaban J connectivity index is 1.19. The van der Waals surface area contributed by atoms with Gasteiger partial charge in [-0.1, -0.05) is 38.1 Å². The summed E-state index contributed by atoms with van der Waals surface area (Å²) >= 11 is 1.86. The number of carbonyl (C=O) groups is 2. The average molecular weight is 574 g/mol. The maximum absolute atomic E-state index is 13.4. The Kier molecular flexibility index (Phi) is 9.12. The summed E-state index contributed by atoms with van der Waals surface area (Å²) in [6.07, 6.45) is 2.61. The number of amides is 2. The predicted molar refractivity (Wildman–Crippen MR) is 168 cm³/mol. The minimum absolute atomic E-state index is 0.00155. The third kappa shape index (κ3) is 7.00. The molecule has 218 valence electrons. The second kappa shape index (κ2) is 12.8. The lowest BCUT2D eigenvalue weighted by Gasteiger charge is -2.41. The van der Waals surface area contributed by atoms with Crippen LogP contribution in [0.1, 0.15) is 66.0 Å². The molecule has 2 saturated heterocycles. The van der Waals surface area contributed by atoms with Gasteiger partial charge in [-0.25, -0.2) is 0 Å². The molecule has 0 spiro atoms. The first-order chi connectivity index (χ1) is 19.7. The van der Waals surface area contributed by atoms with Crippen molar-refractivity contribution in [3.63, 3.8) is 0 Å². The van der Waals surface area contributed by atoms with Crippen LogP contribution in [0.15, 0.2) is 54.6 Å². The van der Waals surface area contributed by atoms with Gasteiger partial charge in [-0.05, 0) is 92.7 Å². The summed E-state index contributed by atoms with van der Waals surface area (Å²) in [4.78, 5) is 32.8. The summed E-state index contributed by atoms with van der Waals surface area (Å²) in [6.45, 7) is 12.6. The van der Waals surface area contributed by atoms with Crippen LogP contribution in [0.5, 0.6) is 0 Å². The molecule has 5 rings (SSSR count). The summed E-state index contributed by atoms with van der Waals surface area (Å²) in [5.41, 5.74) is 10.7. The van der Waals surface area contributed by atoms with Gasteiger partial charge in [-0.3, -0.25) is 14.5 Å². The van der Waals surface area contributed by atoms with E-state index in [0.29, 0.717) is 18.7 Å². The Morgan fingerprint density at radius 3 is 2.51 bits per heavy atom. The number of hydrogen-bond donors (Lipinski definition) is 3. The lowest BCUT2D eigenvalue weighted by Crippen LogP contribution is -2.61. The SMILES string of the molecule is Cc1ccc(NC2CN(C(=O)[C@@H](N)C(C)C)C2)cc1C(=O)N[C@H](C)c1cccc(-c2ccc(CN3CCCC3)s2)c1. The van der Waals surface area contributed by atoms with Gasteiger partial charge in [0.25, 0.3) is 5.91 Å². The molecule has 0 radical (unpaired) electrons. The van der Waals surface area contributed by atoms with Crippen molar-refractivity contribution in [2.24, 2.45) is 11.7 Å². The quantitative estimate of drug-likeness (QED) is 0.302. The van der Waals surface area contributed by atoms with Gasteiger partial charge in [0, 0.05) is 40.6 Å². The number of likely N-dealkylation sites (tertiary alicyclic amines) is 2. The third-order valence-electron chi connectivity index (χ3n) is 8.31. The Morgan fingerprint density at radius 1 is 1.02 bits per heavy atom. The Hall–Kier alpha value is -3.20. The molecule has 3 aromatic rings. The Bertz CT molecular complexity index is 1370. The molecule has 7 nitrogen and oxygen atoms in total. The number of hydrogen-bond acceptors (Lipinski definition) is 6. The fraction of sp³-hybridized carbons (Fsp3) is 0.455. The highest BCUT2D eigenvalue weighted by atomic mass is 32.1. The van der Waals surface area contributed by atoms with Gasteiger partial charge in [0.2, 0.25) is 5.91 Å². The van der Waals surface area contributed by atoms with E-state index in [4.69, 9.17) is 5.73 Å². The van der Waals surface area contributed by atoms with Crippen molar-refractivity contribution in [3.05, 3.63) is 76.2 Å². The van der Waals surface area contributed by atoms with Crippen molar-refractivity contribution in [2.45, 2.75) is 65.2 Å². The smallest absolute Gasteiger partial charge is 0.252 e. The van der Waals surface area contributed by atoms with Crippen LogP contribution in [-0.2, 0) is 11.3 Å². The van der Waals surface area contributed by atoms with E-state index < -0.39 is 6.04 Å². The Labute approximate surface area is 248 Å². The molecule has 0 unspecified atom stereocenters. The van der Waals surface area contributed by atoms with E-state index in [2.05, 4.69) is 51.9 Å². The van der Waals surface area contributed by atoms with Crippen molar-refractivity contribution in [3.8, 4) is 10.4 Å². The molecule has 41 heavy (non-hydrogen) atoms. The predicted octanol–water partition coefficient (Wildman–Crippen LogP) is 5.42. The molecule has 2 fully saturated rings. The van der Waals surface area contributed by atoms with Gasteiger partial charge in [0.05, 0.1) is 18.1 Å². The summed E-state index contributed by atoms with van der Waals surface area (Å²) in [5, 5.41) is 6.67. The first-order valence-corrected chi connectivity index (χ1v) is 15.6. The minimum atomic E-state index is -0.462. The number of nitrogens with zero attached hydrogens (tertiary/aromatic N) is 2. The highest BCUT2D eigenvalue weighted by Crippen LogP contribution is 2.31. The van der Waals surface area contributed by atoms with Crippen molar-refractivity contribution in [1.29, 1.82) is 0 Å². The Morgan fingerprint density at radius 2 is 1.78 bits per heavy atom. The van der Waals surface area contributed by atoms with Crippen molar-refractivity contribution < 1.29 is 9.59 Å². The zero-order chi connectivity index (χ0) is 29.1. The lowest BCUT2D eigenvalue weighted by atomic mass is 10.00. The van der Waals surface area contributed by atoms with Crippen LogP contribution in [0.4, 0.5) is 5.69 Å². The van der Waals surface area contributed by atoms with Crippen LogP contribution >= 0.6 is 11.3 Å². The number of nitrogens with two attached hydrogens (primary N) is 1. The van der Waals surface area contributed by atoms with Crippen molar-refractivity contribution in [2.75, 3.05) is 31.5 Å². The monoisotopic (exact) mass is 573 g/mol. The maximum atomic E-state index is 13.4. The fourth-order valence-corrected chi connectivity index (χ4v) is 6.58. The molecule has 2 aromatic carbocycles. The standard InChI is InChI=1S/C33H43N5O2S/c1-21(2)31(34)33(40)38-18-27(19-38)36-26-11-10-22(3)29(17-26)32(39)35-23(4)24-8-7-9-25(16-24)30-13-12-28(41-30)20-37-14-5-6-15-37/h7-13,16-17,21,23,27,31,36H,5-6,14-15,18-20,34H2,1-4H3,(H,35,39)/t23-,31+/m1/s1. The van der Waals surface area contributed by atoms with Gasteiger partial charge >= 0.3 is 0 Å². The molecule has 1 aromatic heterocycles. The topological polar surface area (TPSA) is 90.7 Å². The number of carbonyl (C=O) groups excluding carboxylic acids is 2. The van der Waals surface area contributed by atoms with Gasteiger partial charge in [-0.15, -0.1) is 11.3 Å². The van der Waals surface area contributed by atoms with E-state index in [1.807, 2.05) is 57.2 Å². The molecule has 8 heteroatoms. The first kappa shape index (κ1) is 29.3. The van der Waals surface area contributed by atoms with Crippen LogP contribution < -0.4 is 16.4 Å². The van der Waals surface area contributed by atoms with Crippen LogP contribution in [-0.4, -0.2) is 59.9 Å². The van der Waals surface area contributed by atoms with E-state index in [1.54, 1.807) is 4.90 Å². The van der Waals surface area contributed by atoms with E-state index in [1.165, 1.54) is 41.2 Å². The summed E-state index contributed by atoms with van der Waals surface area (Å²) in [6, 6.07) is 18.4. The molecule has 0 saturated carbocycles. The fourth-order valence-electron chi connectivity index (χ4n) is 5.54. The van der Waals surface area contributed by atoms with Crippen molar-refractivity contribution >= 4 is 28.8 Å². The van der Waals surface area contributed by atoms with E-state index in [-0.39, 0.29) is 29.8 Å². The molecular formula is C33H43N5O2S. The van der Waals surface area contributed by atoms with Gasteiger partial charge < -0.3 is 21.3 Å². The molecule has 2 aliphatic rings. The van der Waals surface area contributed by atoms with Gasteiger partial charge in [0.15, 0.2) is 0 Å². The zero-order valence-corrected chi connectivity index (χ0v) is 25.5. The molecule has 2 aliphatic heterocycles. The zero-order valence-electron chi connectivity index (χ0n) is 24.7. The normalized spacial score (nSPS) is 17.4. The van der Waals surface area contributed by atoms with Crippen LogP contribution in [0.25, 0.3) is 10.4 Å². The maximum Gasteiger partial charge on any atom is 0.252 e. The number of aryl methyl sites for hydroxylation is 1. The van der Waals surface area contributed by atoms with E-state index in [9.17, 15) is 9.59 Å². The van der Waals surface area contributed by atoms with Crippen LogP contribution in [0.3, 0.4) is 0 Å². The molecule has 0 bridgehead atoms. The molecule has 3 heterocycles. The summed E-state index contributed by atoms with van der Waals surface area (Å²) < 4.78 is 0. The second-order valence-electron chi connectivity index (χ2n) is 12.0. The lowest BCUT2D eigenvalue weighted by molar-refractivity contribution is -0.137. The summed E-state index contributed by atoms with van der Waals surface area (Å²) in [7, 11) is 0. The molecule has 2 atom stereocenters. The number of nitrogens with one attached hydrogen (secondary N) is 2. The van der Waals surface area contributed by atoms with Crippen LogP contribution in [0, 0.1) is 12.8 Å².